The average molecular weight is 408 g/mol. The number of allylic oxidation sites excluding steroid dienone is 1. The number of rotatable bonds is 6. The maximum atomic E-state index is 12.0. The topological polar surface area (TPSA) is 82.0 Å². The van der Waals surface area contributed by atoms with E-state index in [4.69, 9.17) is 0 Å². The van der Waals surface area contributed by atoms with Crippen LogP contribution in [0.2, 0.25) is 0 Å². The molecule has 0 fully saturated rings. The Bertz CT molecular complexity index is 712. The van der Waals surface area contributed by atoms with Crippen LogP contribution in [0.15, 0.2) is 39.3 Å². The van der Waals surface area contributed by atoms with Gasteiger partial charge < -0.3 is 10.6 Å². The van der Waals surface area contributed by atoms with Gasteiger partial charge in [-0.25, -0.2) is 0 Å². The lowest BCUT2D eigenvalue weighted by Crippen LogP contribution is -2.32. The van der Waals surface area contributed by atoms with E-state index in [-0.39, 0.29) is 29.9 Å². The number of hydrogen-bond acceptors (Lipinski definition) is 4. The highest BCUT2D eigenvalue weighted by Crippen LogP contribution is 2.36. The third-order valence-corrected chi connectivity index (χ3v) is 5.04. The number of carbonyl (C=O) groups is 2. The largest absolute Gasteiger partial charge is 0.355 e. The molecule has 2 rings (SSSR count). The van der Waals surface area contributed by atoms with Crippen LogP contribution in [0.1, 0.15) is 31.2 Å². The first kappa shape index (κ1) is 18.6. The molecule has 0 saturated carbocycles. The summed E-state index contributed by atoms with van der Waals surface area (Å²) in [5, 5.41) is 15.6. The molecule has 2 amide bonds. The highest BCUT2D eigenvalue weighted by Gasteiger charge is 2.29. The highest BCUT2D eigenvalue weighted by molar-refractivity contribution is 9.10. The second-order valence-corrected chi connectivity index (χ2v) is 7.25. The summed E-state index contributed by atoms with van der Waals surface area (Å²) in [6.07, 6.45) is 1.09. The van der Waals surface area contributed by atoms with Gasteiger partial charge in [0.15, 0.2) is 0 Å². The minimum absolute atomic E-state index is 0.106. The molecule has 7 heteroatoms. The lowest BCUT2D eigenvalue weighted by atomic mass is 9.87. The Morgan fingerprint density at radius 3 is 3.00 bits per heavy atom. The smallest absolute Gasteiger partial charge is 0.230 e. The first-order valence-electron chi connectivity index (χ1n) is 7.64. The fraction of sp³-hybridized carbons (Fsp3) is 0.353. The zero-order valence-electron chi connectivity index (χ0n) is 13.3. The molecule has 0 unspecified atom stereocenters. The van der Waals surface area contributed by atoms with Gasteiger partial charge in [-0.15, -0.1) is 0 Å². The molecule has 0 aromatic heterocycles. The number of benzene rings is 1. The number of halogens is 1. The third-order valence-electron chi connectivity index (χ3n) is 3.53. The fourth-order valence-corrected chi connectivity index (χ4v) is 3.72. The van der Waals surface area contributed by atoms with Crippen molar-refractivity contribution in [2.45, 2.75) is 25.7 Å². The van der Waals surface area contributed by atoms with Crippen LogP contribution in [0.5, 0.6) is 0 Å². The summed E-state index contributed by atoms with van der Waals surface area (Å²) in [6.45, 7) is 2.60. The van der Waals surface area contributed by atoms with Gasteiger partial charge in [-0.3, -0.25) is 9.59 Å². The summed E-state index contributed by atoms with van der Waals surface area (Å²) in [7, 11) is 0. The molecule has 1 aromatic rings. The SMILES string of the molecule is CCCNC(=O)CSC1=C(C#N)[C@H](c2cccc(Br)c2)CC(=O)N1. The Morgan fingerprint density at radius 2 is 2.33 bits per heavy atom. The normalized spacial score (nSPS) is 17.2. The molecule has 5 nitrogen and oxygen atoms in total. The Labute approximate surface area is 154 Å². The van der Waals surface area contributed by atoms with Gasteiger partial charge in [0, 0.05) is 23.4 Å². The van der Waals surface area contributed by atoms with Gasteiger partial charge in [0.25, 0.3) is 0 Å². The van der Waals surface area contributed by atoms with Gasteiger partial charge in [0.1, 0.15) is 0 Å². The van der Waals surface area contributed by atoms with Crippen molar-refractivity contribution in [3.05, 3.63) is 44.9 Å². The summed E-state index contributed by atoms with van der Waals surface area (Å²) < 4.78 is 0.899. The second-order valence-electron chi connectivity index (χ2n) is 5.35. The predicted octanol–water partition coefficient (Wildman–Crippen LogP) is 3.05. The maximum absolute atomic E-state index is 12.0. The molecule has 0 aliphatic carbocycles. The van der Waals surface area contributed by atoms with Gasteiger partial charge in [-0.1, -0.05) is 46.7 Å². The van der Waals surface area contributed by atoms with Crippen LogP contribution in [-0.4, -0.2) is 24.1 Å². The summed E-state index contributed by atoms with van der Waals surface area (Å²) in [5.74, 6) is -0.366. The number of thioether (sulfide) groups is 1. The van der Waals surface area contributed by atoms with Crippen molar-refractivity contribution in [3.63, 3.8) is 0 Å². The molecule has 0 spiro atoms. The van der Waals surface area contributed by atoms with E-state index >= 15 is 0 Å². The van der Waals surface area contributed by atoms with Gasteiger partial charge in [-0.05, 0) is 24.1 Å². The minimum atomic E-state index is -0.289. The Balaban J connectivity index is 2.21. The minimum Gasteiger partial charge on any atom is -0.355 e. The molecule has 1 heterocycles. The number of nitrogens with zero attached hydrogens (tertiary/aromatic N) is 1. The van der Waals surface area contributed by atoms with Crippen molar-refractivity contribution in [1.82, 2.24) is 10.6 Å². The average Bonchev–Trinajstić information content (AvgIpc) is 2.57. The molecule has 1 atom stereocenters. The van der Waals surface area contributed by atoms with Crippen molar-refractivity contribution >= 4 is 39.5 Å². The van der Waals surface area contributed by atoms with E-state index in [0.717, 1.165) is 16.5 Å². The van der Waals surface area contributed by atoms with Crippen molar-refractivity contribution < 1.29 is 9.59 Å². The zero-order valence-corrected chi connectivity index (χ0v) is 15.7. The van der Waals surface area contributed by atoms with E-state index in [0.29, 0.717) is 17.1 Å². The number of amides is 2. The molecule has 126 valence electrons. The van der Waals surface area contributed by atoms with Crippen LogP contribution in [-0.2, 0) is 9.59 Å². The first-order valence-corrected chi connectivity index (χ1v) is 9.42. The molecular weight excluding hydrogens is 390 g/mol. The zero-order chi connectivity index (χ0) is 17.5. The number of nitrogens with one attached hydrogen (secondary N) is 2. The van der Waals surface area contributed by atoms with Crippen LogP contribution in [0.4, 0.5) is 0 Å². The highest BCUT2D eigenvalue weighted by atomic mass is 79.9. The van der Waals surface area contributed by atoms with Crippen molar-refractivity contribution in [3.8, 4) is 6.07 Å². The quantitative estimate of drug-likeness (QED) is 0.758. The van der Waals surface area contributed by atoms with E-state index in [9.17, 15) is 14.9 Å². The van der Waals surface area contributed by atoms with Crippen LogP contribution in [0, 0.1) is 11.3 Å². The van der Waals surface area contributed by atoms with Crippen LogP contribution < -0.4 is 10.6 Å². The lowest BCUT2D eigenvalue weighted by Gasteiger charge is -2.25. The van der Waals surface area contributed by atoms with Crippen molar-refractivity contribution in [2.24, 2.45) is 0 Å². The van der Waals surface area contributed by atoms with Crippen LogP contribution in [0.3, 0.4) is 0 Å². The predicted molar refractivity (Wildman–Crippen MR) is 98.0 cm³/mol. The second kappa shape index (κ2) is 8.90. The third kappa shape index (κ3) is 4.86. The number of nitriles is 1. The molecule has 1 aliphatic rings. The van der Waals surface area contributed by atoms with Crippen LogP contribution in [0.25, 0.3) is 0 Å². The lowest BCUT2D eigenvalue weighted by molar-refractivity contribution is -0.121. The molecule has 1 aromatic carbocycles. The van der Waals surface area contributed by atoms with Gasteiger partial charge in [0.05, 0.1) is 22.4 Å². The summed E-state index contributed by atoms with van der Waals surface area (Å²) in [5.41, 5.74) is 1.41. The van der Waals surface area contributed by atoms with Crippen molar-refractivity contribution in [2.75, 3.05) is 12.3 Å². The monoisotopic (exact) mass is 407 g/mol. The van der Waals surface area contributed by atoms with E-state index in [2.05, 4.69) is 32.6 Å². The Morgan fingerprint density at radius 1 is 1.54 bits per heavy atom. The van der Waals surface area contributed by atoms with E-state index in [1.165, 1.54) is 11.8 Å². The number of hydrogen-bond donors (Lipinski definition) is 2. The summed E-state index contributed by atoms with van der Waals surface area (Å²) in [4.78, 5) is 23.8. The summed E-state index contributed by atoms with van der Waals surface area (Å²) in [6, 6.07) is 9.80. The van der Waals surface area contributed by atoms with E-state index in [1.54, 1.807) is 0 Å². The Kier molecular flexibility index (Phi) is 6.88. The van der Waals surface area contributed by atoms with E-state index in [1.807, 2.05) is 31.2 Å². The van der Waals surface area contributed by atoms with E-state index < -0.39 is 0 Å². The molecule has 0 bridgehead atoms. The molecular formula is C17H18BrN3O2S. The maximum Gasteiger partial charge on any atom is 0.230 e. The molecule has 2 N–H and O–H groups in total. The molecule has 24 heavy (non-hydrogen) atoms. The Hall–Kier alpha value is -1.78. The van der Waals surface area contributed by atoms with Crippen LogP contribution >= 0.6 is 27.7 Å². The first-order chi connectivity index (χ1) is 11.5. The standard InChI is InChI=1S/C17H18BrN3O2S/c1-2-6-20-16(23)10-24-17-14(9-19)13(8-15(22)21-17)11-4-3-5-12(18)7-11/h3-5,7,13H,2,6,8,10H2,1H3,(H,20,23)(H,21,22)/t13-/m0/s1. The molecule has 0 radical (unpaired) electrons. The molecule has 0 saturated heterocycles. The fourth-order valence-electron chi connectivity index (χ4n) is 2.39. The van der Waals surface area contributed by atoms with Crippen molar-refractivity contribution in [1.29, 1.82) is 5.26 Å². The summed E-state index contributed by atoms with van der Waals surface area (Å²) >= 11 is 4.61. The number of carbonyl (C=O) groups excluding carboxylic acids is 2. The van der Waals surface area contributed by atoms with Gasteiger partial charge in [-0.2, -0.15) is 5.26 Å². The van der Waals surface area contributed by atoms with Gasteiger partial charge >= 0.3 is 0 Å². The van der Waals surface area contributed by atoms with Gasteiger partial charge in [0.2, 0.25) is 11.8 Å². The molecule has 1 aliphatic heterocycles.